The Labute approximate surface area is 226 Å². The summed E-state index contributed by atoms with van der Waals surface area (Å²) in [6.45, 7) is 15.1. The maximum atomic E-state index is 12.3. The molecule has 0 unspecified atom stereocenters. The van der Waals surface area contributed by atoms with Crippen LogP contribution in [0, 0.1) is 23.2 Å². The minimum Gasteiger partial charge on any atom is -0.462 e. The van der Waals surface area contributed by atoms with Crippen molar-refractivity contribution in [2.24, 2.45) is 23.2 Å². The number of esters is 1. The van der Waals surface area contributed by atoms with Gasteiger partial charge in [-0.2, -0.15) is 0 Å². The zero-order valence-electron chi connectivity index (χ0n) is 24.4. The highest BCUT2D eigenvalue weighted by Crippen LogP contribution is 2.60. The third-order valence-corrected chi connectivity index (χ3v) is 9.70. The Morgan fingerprint density at radius 3 is 2.70 bits per heavy atom. The van der Waals surface area contributed by atoms with Gasteiger partial charge in [-0.05, 0) is 93.1 Å². The molecule has 3 rings (SSSR count). The first-order valence-electron chi connectivity index (χ1n) is 15.1. The van der Waals surface area contributed by atoms with Crippen LogP contribution in [0.2, 0.25) is 0 Å². The summed E-state index contributed by atoms with van der Waals surface area (Å²) in [7, 11) is 0. The first-order chi connectivity index (χ1) is 17.4. The molecule has 0 saturated heterocycles. The predicted molar refractivity (Wildman–Crippen MR) is 152 cm³/mol. The van der Waals surface area contributed by atoms with E-state index in [9.17, 15) is 15.0 Å². The van der Waals surface area contributed by atoms with E-state index >= 15 is 0 Å². The lowest BCUT2D eigenvalue weighted by Gasteiger charge is -2.44. The number of fused-ring (bicyclic) bond motifs is 1. The zero-order chi connectivity index (χ0) is 27.2. The molecule has 0 radical (unpaired) electrons. The van der Waals surface area contributed by atoms with Crippen LogP contribution in [0.1, 0.15) is 125 Å². The van der Waals surface area contributed by atoms with Crippen LogP contribution in [0.25, 0.3) is 0 Å². The van der Waals surface area contributed by atoms with Crippen LogP contribution < -0.4 is 0 Å². The molecule has 0 aromatic carbocycles. The van der Waals surface area contributed by atoms with Gasteiger partial charge < -0.3 is 14.9 Å². The van der Waals surface area contributed by atoms with Crippen LogP contribution in [0.15, 0.2) is 35.5 Å². The summed E-state index contributed by atoms with van der Waals surface area (Å²) in [4.78, 5) is 12.3. The lowest BCUT2D eigenvalue weighted by Crippen LogP contribution is -2.36. The maximum Gasteiger partial charge on any atom is 0.306 e. The Morgan fingerprint density at radius 1 is 1.24 bits per heavy atom. The van der Waals surface area contributed by atoms with Gasteiger partial charge in [0.15, 0.2) is 0 Å². The molecule has 2 N–H and O–H groups in total. The van der Waals surface area contributed by atoms with Gasteiger partial charge in [0.2, 0.25) is 0 Å². The number of carbonyl (C=O) groups excluding carboxylic acids is 1. The molecule has 0 aromatic rings. The maximum absolute atomic E-state index is 12.3. The van der Waals surface area contributed by atoms with Gasteiger partial charge in [-0.15, -0.1) is 0 Å². The Morgan fingerprint density at radius 2 is 2.00 bits per heavy atom. The Hall–Kier alpha value is -1.39. The normalized spacial score (nSPS) is 33.5. The smallest absolute Gasteiger partial charge is 0.306 e. The molecule has 210 valence electrons. The van der Waals surface area contributed by atoms with E-state index in [4.69, 9.17) is 4.74 Å². The second kappa shape index (κ2) is 13.1. The molecular formula is C33H54O4. The number of rotatable bonds is 11. The summed E-state index contributed by atoms with van der Waals surface area (Å²) >= 11 is 0. The number of allylic oxidation sites excluding steroid dienone is 3. The van der Waals surface area contributed by atoms with Crippen LogP contribution in [0.3, 0.4) is 0 Å². The summed E-state index contributed by atoms with van der Waals surface area (Å²) in [6, 6.07) is 0. The average Bonchev–Trinajstić information content (AvgIpc) is 3.17. The van der Waals surface area contributed by atoms with Crippen molar-refractivity contribution in [2.45, 2.75) is 142 Å². The standard InChI is InChI=1S/C33H54O4/c1-7-8-9-14-31(35)37-27-21-26(24(3)30(34)22-27)16-15-25-13-11-20-33(6)28(17-18-29(25)33)23(2)12-10-19-32(4,5)36/h15-16,23,27-30,34,36H,3,7-14,17-22H2,1-2,4-6H3/b25-15+,26-16-/t23-,27-,28-,29+,30+,33-/m1/s1. The molecule has 6 atom stereocenters. The first kappa shape index (κ1) is 30.2. The molecule has 3 fully saturated rings. The molecule has 37 heavy (non-hydrogen) atoms. The van der Waals surface area contributed by atoms with Crippen LogP contribution >= 0.6 is 0 Å². The van der Waals surface area contributed by atoms with Gasteiger partial charge in [0.25, 0.3) is 0 Å². The van der Waals surface area contributed by atoms with E-state index in [1.807, 2.05) is 13.8 Å². The van der Waals surface area contributed by atoms with E-state index in [-0.39, 0.29) is 12.1 Å². The minimum atomic E-state index is -0.649. The molecule has 0 aliphatic heterocycles. The fourth-order valence-corrected chi connectivity index (χ4v) is 7.57. The van der Waals surface area contributed by atoms with E-state index in [2.05, 4.69) is 39.5 Å². The molecule has 3 saturated carbocycles. The van der Waals surface area contributed by atoms with Gasteiger partial charge in [-0.1, -0.05) is 70.8 Å². The molecule has 4 heteroatoms. The molecule has 0 aromatic heterocycles. The lowest BCUT2D eigenvalue weighted by atomic mass is 9.60. The van der Waals surface area contributed by atoms with Crippen LogP contribution in [0.4, 0.5) is 0 Å². The Balaban J connectivity index is 1.66. The van der Waals surface area contributed by atoms with Gasteiger partial charge in [-0.3, -0.25) is 4.79 Å². The highest BCUT2D eigenvalue weighted by molar-refractivity contribution is 5.69. The van der Waals surface area contributed by atoms with E-state index in [1.165, 1.54) is 32.1 Å². The lowest BCUT2D eigenvalue weighted by molar-refractivity contribution is -0.150. The quantitative estimate of drug-likeness (QED) is 0.218. The monoisotopic (exact) mass is 514 g/mol. The Bertz CT molecular complexity index is 847. The molecule has 0 heterocycles. The number of aliphatic hydroxyl groups is 2. The summed E-state index contributed by atoms with van der Waals surface area (Å²) in [6.07, 6.45) is 17.5. The molecule has 0 amide bonds. The van der Waals surface area contributed by atoms with Crippen molar-refractivity contribution in [2.75, 3.05) is 0 Å². The number of hydrogen-bond acceptors (Lipinski definition) is 4. The number of carbonyl (C=O) groups is 1. The van der Waals surface area contributed by atoms with Crippen molar-refractivity contribution in [3.05, 3.63) is 35.5 Å². The minimum absolute atomic E-state index is 0.146. The van der Waals surface area contributed by atoms with E-state index in [1.54, 1.807) is 5.57 Å². The highest BCUT2D eigenvalue weighted by atomic mass is 16.5. The summed E-state index contributed by atoms with van der Waals surface area (Å²) in [5.41, 5.74) is 3.13. The second-order valence-corrected chi connectivity index (χ2v) is 13.3. The van der Waals surface area contributed by atoms with Gasteiger partial charge in [0, 0.05) is 19.3 Å². The van der Waals surface area contributed by atoms with Crippen LogP contribution in [-0.4, -0.2) is 34.0 Å². The van der Waals surface area contributed by atoms with Crippen molar-refractivity contribution in [3.63, 3.8) is 0 Å². The van der Waals surface area contributed by atoms with Crippen molar-refractivity contribution in [1.29, 1.82) is 0 Å². The van der Waals surface area contributed by atoms with Crippen molar-refractivity contribution in [3.8, 4) is 0 Å². The number of ether oxygens (including phenoxy) is 1. The van der Waals surface area contributed by atoms with Gasteiger partial charge >= 0.3 is 5.97 Å². The highest BCUT2D eigenvalue weighted by Gasteiger charge is 2.50. The molecule has 4 nitrogen and oxygen atoms in total. The Kier molecular flexibility index (Phi) is 10.7. The second-order valence-electron chi connectivity index (χ2n) is 13.3. The van der Waals surface area contributed by atoms with Crippen LogP contribution in [0.5, 0.6) is 0 Å². The summed E-state index contributed by atoms with van der Waals surface area (Å²) in [5, 5.41) is 20.7. The molecule has 3 aliphatic carbocycles. The van der Waals surface area contributed by atoms with Gasteiger partial charge in [-0.25, -0.2) is 0 Å². The van der Waals surface area contributed by atoms with E-state index in [0.717, 1.165) is 55.6 Å². The molecular weight excluding hydrogens is 460 g/mol. The van der Waals surface area contributed by atoms with E-state index in [0.29, 0.717) is 36.5 Å². The van der Waals surface area contributed by atoms with Crippen molar-refractivity contribution in [1.82, 2.24) is 0 Å². The largest absolute Gasteiger partial charge is 0.462 e. The number of aliphatic hydroxyl groups excluding tert-OH is 1. The van der Waals surface area contributed by atoms with E-state index < -0.39 is 11.7 Å². The van der Waals surface area contributed by atoms with Gasteiger partial charge in [0.05, 0.1) is 11.7 Å². The van der Waals surface area contributed by atoms with Crippen molar-refractivity contribution < 1.29 is 19.7 Å². The first-order valence-corrected chi connectivity index (χ1v) is 15.1. The van der Waals surface area contributed by atoms with Crippen LogP contribution in [-0.2, 0) is 9.53 Å². The summed E-state index contributed by atoms with van der Waals surface area (Å²) in [5.74, 6) is 1.89. The fraction of sp³-hybridized carbons (Fsp3) is 0.788. The predicted octanol–water partition coefficient (Wildman–Crippen LogP) is 7.84. The topological polar surface area (TPSA) is 66.8 Å². The molecule has 0 spiro atoms. The number of hydrogen-bond donors (Lipinski definition) is 2. The van der Waals surface area contributed by atoms with Crippen molar-refractivity contribution >= 4 is 5.97 Å². The number of unbranched alkanes of at least 4 members (excludes halogenated alkanes) is 2. The average molecular weight is 515 g/mol. The summed E-state index contributed by atoms with van der Waals surface area (Å²) < 4.78 is 5.74. The van der Waals surface area contributed by atoms with Gasteiger partial charge in [0.1, 0.15) is 6.10 Å². The SMILES string of the molecule is C=C1/C(=C\C=C2/CCC[C@]3(C)[C@@H]([C@H](C)CCCC(C)(C)O)CC[C@@H]23)C[C@@H](OC(=O)CCCCC)C[C@@H]1O. The molecule has 0 bridgehead atoms. The zero-order valence-corrected chi connectivity index (χ0v) is 24.4. The third kappa shape index (κ3) is 8.05. The third-order valence-electron chi connectivity index (χ3n) is 9.70. The fourth-order valence-electron chi connectivity index (χ4n) is 7.57. The molecule has 3 aliphatic rings.